The molecule has 2 aromatic heterocycles. The summed E-state index contributed by atoms with van der Waals surface area (Å²) in [5, 5.41) is 22.4. The minimum Gasteiger partial charge on any atom is -0.394 e. The first kappa shape index (κ1) is 18.4. The van der Waals surface area contributed by atoms with Crippen LogP contribution in [0.4, 0.5) is 5.82 Å². The molecule has 12 heteroatoms. The lowest BCUT2D eigenvalue weighted by Crippen LogP contribution is -2.39. The molecule has 0 unspecified atom stereocenters. The summed E-state index contributed by atoms with van der Waals surface area (Å²) in [5.74, 6) is -0.180. The maximum Gasteiger partial charge on any atom is 0.246 e. The first-order chi connectivity index (χ1) is 12.6. The SMILES string of the molecule is NCCNC(=O)CO[C@@H]1[C@H](O)[C@@H](CO)O[C@H]1n1cnc2c(N)ncnc21. The lowest BCUT2D eigenvalue weighted by molar-refractivity contribution is -0.132. The van der Waals surface area contributed by atoms with Crippen LogP contribution in [0.5, 0.6) is 0 Å². The second-order valence-electron chi connectivity index (χ2n) is 5.74. The summed E-state index contributed by atoms with van der Waals surface area (Å²) >= 11 is 0. The Bertz CT molecular complexity index is 769. The van der Waals surface area contributed by atoms with E-state index in [1.54, 1.807) is 0 Å². The van der Waals surface area contributed by atoms with Crippen LogP contribution in [-0.4, -0.2) is 80.3 Å². The maximum absolute atomic E-state index is 11.7. The lowest BCUT2D eigenvalue weighted by Gasteiger charge is -2.21. The van der Waals surface area contributed by atoms with Crippen molar-refractivity contribution in [3.8, 4) is 0 Å². The minimum absolute atomic E-state index is 0.199. The van der Waals surface area contributed by atoms with Gasteiger partial charge in [0.15, 0.2) is 17.7 Å². The van der Waals surface area contributed by atoms with Crippen molar-refractivity contribution in [3.05, 3.63) is 12.7 Å². The van der Waals surface area contributed by atoms with E-state index >= 15 is 0 Å². The molecule has 12 nitrogen and oxygen atoms in total. The lowest BCUT2D eigenvalue weighted by atomic mass is 10.1. The van der Waals surface area contributed by atoms with Crippen LogP contribution in [0.3, 0.4) is 0 Å². The van der Waals surface area contributed by atoms with Gasteiger partial charge >= 0.3 is 0 Å². The third-order valence-corrected chi connectivity index (χ3v) is 4.03. The number of anilines is 1. The van der Waals surface area contributed by atoms with Gasteiger partial charge in [-0.05, 0) is 0 Å². The normalized spacial score (nSPS) is 25.7. The van der Waals surface area contributed by atoms with Crippen molar-refractivity contribution < 1.29 is 24.5 Å². The smallest absolute Gasteiger partial charge is 0.246 e. The van der Waals surface area contributed by atoms with Gasteiger partial charge in [-0.3, -0.25) is 9.36 Å². The molecule has 0 aromatic carbocycles. The van der Waals surface area contributed by atoms with Gasteiger partial charge in [0.1, 0.15) is 36.8 Å². The van der Waals surface area contributed by atoms with Gasteiger partial charge in [0.25, 0.3) is 0 Å². The van der Waals surface area contributed by atoms with Crippen molar-refractivity contribution in [2.24, 2.45) is 5.73 Å². The highest BCUT2D eigenvalue weighted by atomic mass is 16.6. The number of carbonyl (C=O) groups excluding carboxylic acids is 1. The fourth-order valence-electron chi connectivity index (χ4n) is 2.76. The molecule has 1 amide bonds. The molecule has 3 heterocycles. The summed E-state index contributed by atoms with van der Waals surface area (Å²) in [6, 6.07) is 0. The average Bonchev–Trinajstić information content (AvgIpc) is 3.20. The third kappa shape index (κ3) is 3.45. The molecule has 0 radical (unpaired) electrons. The molecule has 4 atom stereocenters. The van der Waals surface area contributed by atoms with Gasteiger partial charge in [-0.15, -0.1) is 0 Å². The summed E-state index contributed by atoms with van der Waals surface area (Å²) < 4.78 is 12.8. The summed E-state index contributed by atoms with van der Waals surface area (Å²) in [5.41, 5.74) is 11.9. The minimum atomic E-state index is -1.15. The van der Waals surface area contributed by atoms with E-state index in [-0.39, 0.29) is 18.3 Å². The number of nitrogens with two attached hydrogens (primary N) is 2. The van der Waals surface area contributed by atoms with Gasteiger partial charge in [-0.2, -0.15) is 0 Å². The number of aliphatic hydroxyl groups excluding tert-OH is 2. The largest absolute Gasteiger partial charge is 0.394 e. The van der Waals surface area contributed by atoms with Crippen LogP contribution in [0, 0.1) is 0 Å². The second-order valence-corrected chi connectivity index (χ2v) is 5.74. The van der Waals surface area contributed by atoms with Crippen molar-refractivity contribution in [1.82, 2.24) is 24.8 Å². The summed E-state index contributed by atoms with van der Waals surface area (Å²) in [6.07, 6.45) is -1.11. The highest BCUT2D eigenvalue weighted by Crippen LogP contribution is 2.33. The average molecular weight is 367 g/mol. The highest BCUT2D eigenvalue weighted by molar-refractivity contribution is 5.81. The number of nitrogen functional groups attached to an aromatic ring is 1. The number of aliphatic hydroxyl groups is 2. The van der Waals surface area contributed by atoms with Crippen molar-refractivity contribution in [1.29, 1.82) is 0 Å². The Kier molecular flexibility index (Phi) is 5.58. The number of hydrogen-bond acceptors (Lipinski definition) is 10. The van der Waals surface area contributed by atoms with Crippen LogP contribution in [0.2, 0.25) is 0 Å². The number of fused-ring (bicyclic) bond motifs is 1. The number of imidazole rings is 1. The molecule has 1 saturated heterocycles. The van der Waals surface area contributed by atoms with Gasteiger partial charge in [-0.25, -0.2) is 15.0 Å². The van der Waals surface area contributed by atoms with E-state index in [0.29, 0.717) is 24.3 Å². The van der Waals surface area contributed by atoms with E-state index in [1.807, 2.05) is 0 Å². The van der Waals surface area contributed by atoms with Gasteiger partial charge in [0.05, 0.1) is 12.9 Å². The molecule has 142 valence electrons. The number of nitrogens with zero attached hydrogens (tertiary/aromatic N) is 4. The fourth-order valence-corrected chi connectivity index (χ4v) is 2.76. The highest BCUT2D eigenvalue weighted by Gasteiger charge is 2.46. The Balaban J connectivity index is 1.83. The summed E-state index contributed by atoms with van der Waals surface area (Å²) in [6.45, 7) is -0.0978. The molecule has 1 aliphatic rings. The Hall–Kier alpha value is -2.38. The van der Waals surface area contributed by atoms with E-state index in [2.05, 4.69) is 20.3 Å². The molecule has 26 heavy (non-hydrogen) atoms. The fraction of sp³-hybridized carbons (Fsp3) is 0.571. The van der Waals surface area contributed by atoms with E-state index in [1.165, 1.54) is 17.2 Å². The van der Waals surface area contributed by atoms with Crippen LogP contribution >= 0.6 is 0 Å². The Labute approximate surface area is 148 Å². The van der Waals surface area contributed by atoms with E-state index < -0.39 is 31.1 Å². The number of ether oxygens (including phenoxy) is 2. The van der Waals surface area contributed by atoms with Gasteiger partial charge in [-0.1, -0.05) is 0 Å². The Morgan fingerprint density at radius 3 is 2.96 bits per heavy atom. The van der Waals surface area contributed by atoms with Gasteiger partial charge in [0, 0.05) is 13.1 Å². The van der Waals surface area contributed by atoms with E-state index in [0.717, 1.165) is 0 Å². The first-order valence-corrected chi connectivity index (χ1v) is 8.02. The quantitative estimate of drug-likeness (QED) is 0.340. The maximum atomic E-state index is 11.7. The van der Waals surface area contributed by atoms with Crippen LogP contribution in [-0.2, 0) is 14.3 Å². The number of rotatable bonds is 7. The van der Waals surface area contributed by atoms with Crippen molar-refractivity contribution in [3.63, 3.8) is 0 Å². The second kappa shape index (κ2) is 7.88. The van der Waals surface area contributed by atoms with Crippen molar-refractivity contribution >= 4 is 22.9 Å². The van der Waals surface area contributed by atoms with Gasteiger partial charge < -0.3 is 36.5 Å². The van der Waals surface area contributed by atoms with Crippen LogP contribution in [0.1, 0.15) is 6.23 Å². The van der Waals surface area contributed by atoms with E-state index in [9.17, 15) is 15.0 Å². The Morgan fingerprint density at radius 2 is 2.23 bits per heavy atom. The number of hydrogen-bond donors (Lipinski definition) is 5. The number of aromatic nitrogens is 4. The van der Waals surface area contributed by atoms with Crippen molar-refractivity contribution in [2.45, 2.75) is 24.5 Å². The van der Waals surface area contributed by atoms with Crippen LogP contribution in [0.25, 0.3) is 11.2 Å². The molecule has 2 aromatic rings. The summed E-state index contributed by atoms with van der Waals surface area (Å²) in [4.78, 5) is 23.9. The predicted molar refractivity (Wildman–Crippen MR) is 88.5 cm³/mol. The van der Waals surface area contributed by atoms with Crippen LogP contribution in [0.15, 0.2) is 12.7 Å². The Morgan fingerprint density at radius 1 is 1.42 bits per heavy atom. The third-order valence-electron chi connectivity index (χ3n) is 4.03. The molecule has 0 bridgehead atoms. The molecule has 7 N–H and O–H groups in total. The predicted octanol–water partition coefficient (Wildman–Crippen LogP) is -2.88. The molecule has 0 saturated carbocycles. The molecular weight excluding hydrogens is 346 g/mol. The zero-order valence-electron chi connectivity index (χ0n) is 13.9. The monoisotopic (exact) mass is 367 g/mol. The zero-order valence-corrected chi connectivity index (χ0v) is 13.9. The standard InChI is InChI=1S/C14H21N7O5/c15-1-2-17-8(23)4-25-11-10(24)7(3-22)26-14(11)21-6-20-9-12(16)18-5-19-13(9)21/h5-7,10-11,14,22,24H,1-4,15H2,(H,17,23)(H2,16,18,19)/t7-,10-,11-,14-/m1/s1. The number of nitrogens with one attached hydrogen (secondary N) is 1. The molecule has 0 spiro atoms. The van der Waals surface area contributed by atoms with E-state index in [4.69, 9.17) is 20.9 Å². The number of amides is 1. The van der Waals surface area contributed by atoms with Gasteiger partial charge in [0.2, 0.25) is 5.91 Å². The molecule has 0 aliphatic carbocycles. The topological polar surface area (TPSA) is 184 Å². The first-order valence-electron chi connectivity index (χ1n) is 8.02. The summed E-state index contributed by atoms with van der Waals surface area (Å²) in [7, 11) is 0. The number of carbonyl (C=O) groups is 1. The van der Waals surface area contributed by atoms with Crippen LogP contribution < -0.4 is 16.8 Å². The van der Waals surface area contributed by atoms with Crippen molar-refractivity contribution in [2.75, 3.05) is 32.0 Å². The molecular formula is C14H21N7O5. The molecule has 1 aliphatic heterocycles. The zero-order chi connectivity index (χ0) is 18.7. The molecule has 1 fully saturated rings. The molecule has 3 rings (SSSR count).